The van der Waals surface area contributed by atoms with Gasteiger partial charge in [-0.25, -0.2) is 18.4 Å². The largest absolute Gasteiger partial charge is 0.310 e. The van der Waals surface area contributed by atoms with E-state index < -0.39 is 9.84 Å². The lowest BCUT2D eigenvalue weighted by Crippen LogP contribution is -2.15. The number of carbonyl (C=O) groups is 1. The van der Waals surface area contributed by atoms with Gasteiger partial charge in [-0.15, -0.1) is 11.3 Å². The second kappa shape index (κ2) is 7.28. The van der Waals surface area contributed by atoms with Crippen LogP contribution in [0.25, 0.3) is 10.2 Å². The molecule has 25 heavy (non-hydrogen) atoms. The summed E-state index contributed by atoms with van der Waals surface area (Å²) in [5.74, 6) is 0.129. The number of hydrogen-bond acceptors (Lipinski definition) is 6. The van der Waals surface area contributed by atoms with E-state index >= 15 is 0 Å². The molecule has 2 heterocycles. The number of fused-ring (bicyclic) bond motifs is 1. The smallest absolute Gasteiger partial charge is 0.225 e. The van der Waals surface area contributed by atoms with Crippen molar-refractivity contribution in [2.45, 2.75) is 24.7 Å². The Kier molecular flexibility index (Phi) is 5.10. The summed E-state index contributed by atoms with van der Waals surface area (Å²) >= 11 is 1.47. The summed E-state index contributed by atoms with van der Waals surface area (Å²) in [6.07, 6.45) is 1.76. The van der Waals surface area contributed by atoms with Crippen molar-refractivity contribution >= 4 is 43.1 Å². The van der Waals surface area contributed by atoms with Gasteiger partial charge in [-0.1, -0.05) is 17.7 Å². The predicted molar refractivity (Wildman–Crippen MR) is 98.5 cm³/mol. The molecule has 0 atom stereocenters. The molecule has 0 radical (unpaired) electrons. The van der Waals surface area contributed by atoms with Gasteiger partial charge < -0.3 is 5.32 Å². The summed E-state index contributed by atoms with van der Waals surface area (Å²) in [5, 5.41) is 5.39. The zero-order valence-electron chi connectivity index (χ0n) is 13.6. The van der Waals surface area contributed by atoms with Gasteiger partial charge in [-0.05, 0) is 36.9 Å². The zero-order valence-corrected chi connectivity index (χ0v) is 15.2. The van der Waals surface area contributed by atoms with Crippen molar-refractivity contribution in [2.75, 3.05) is 11.1 Å². The maximum absolute atomic E-state index is 12.3. The van der Waals surface area contributed by atoms with Crippen LogP contribution in [0.5, 0.6) is 0 Å². The van der Waals surface area contributed by atoms with Crippen LogP contribution >= 0.6 is 11.3 Å². The van der Waals surface area contributed by atoms with Crippen LogP contribution in [0.1, 0.15) is 18.4 Å². The first-order valence-corrected chi connectivity index (χ1v) is 10.3. The second-order valence-corrected chi connectivity index (χ2v) is 8.65. The molecule has 0 saturated carbocycles. The van der Waals surface area contributed by atoms with Crippen molar-refractivity contribution < 1.29 is 13.2 Å². The molecule has 6 nitrogen and oxygen atoms in total. The summed E-state index contributed by atoms with van der Waals surface area (Å²) in [6.45, 7) is 1.90. The molecule has 1 N–H and O–H groups in total. The summed E-state index contributed by atoms with van der Waals surface area (Å²) < 4.78 is 24.5. The van der Waals surface area contributed by atoms with Gasteiger partial charge in [0.05, 0.1) is 16.0 Å². The number of rotatable bonds is 6. The summed E-state index contributed by atoms with van der Waals surface area (Å²) in [4.78, 5) is 21.4. The number of aromatic nitrogens is 2. The fourth-order valence-corrected chi connectivity index (χ4v) is 4.41. The lowest BCUT2D eigenvalue weighted by molar-refractivity contribution is -0.116. The van der Waals surface area contributed by atoms with Gasteiger partial charge in [0.15, 0.2) is 9.84 Å². The number of sulfone groups is 1. The van der Waals surface area contributed by atoms with E-state index in [1.54, 1.807) is 24.3 Å². The lowest BCUT2D eigenvalue weighted by atomic mass is 10.2. The van der Waals surface area contributed by atoms with Crippen molar-refractivity contribution in [3.8, 4) is 0 Å². The monoisotopic (exact) mass is 375 g/mol. The number of nitrogens with one attached hydrogen (secondary N) is 1. The quantitative estimate of drug-likeness (QED) is 0.715. The predicted octanol–water partition coefficient (Wildman–Crippen LogP) is 3.19. The van der Waals surface area contributed by atoms with E-state index in [0.717, 1.165) is 15.8 Å². The Bertz CT molecular complexity index is 995. The Morgan fingerprint density at radius 1 is 1.16 bits per heavy atom. The van der Waals surface area contributed by atoms with Crippen LogP contribution in [0, 0.1) is 6.92 Å². The summed E-state index contributed by atoms with van der Waals surface area (Å²) in [6, 6.07) is 8.57. The Labute approximate surface area is 149 Å². The number of benzene rings is 1. The molecule has 0 unspecified atom stereocenters. The Morgan fingerprint density at radius 2 is 1.92 bits per heavy atom. The van der Waals surface area contributed by atoms with Crippen LogP contribution in [-0.4, -0.2) is 30.0 Å². The number of amides is 1. The van der Waals surface area contributed by atoms with Crippen molar-refractivity contribution in [3.63, 3.8) is 0 Å². The van der Waals surface area contributed by atoms with Gasteiger partial charge in [0, 0.05) is 6.42 Å². The molecule has 0 fully saturated rings. The molecule has 0 saturated heterocycles. The maximum Gasteiger partial charge on any atom is 0.225 e. The molecule has 2 aromatic heterocycles. The average molecular weight is 375 g/mol. The molecular weight excluding hydrogens is 358 g/mol. The molecule has 8 heteroatoms. The molecule has 0 aliphatic rings. The van der Waals surface area contributed by atoms with Gasteiger partial charge in [0.1, 0.15) is 17.0 Å². The fourth-order valence-electron chi connectivity index (χ4n) is 2.37. The van der Waals surface area contributed by atoms with Crippen LogP contribution in [-0.2, 0) is 14.6 Å². The lowest BCUT2D eigenvalue weighted by Gasteiger charge is -2.06. The van der Waals surface area contributed by atoms with Gasteiger partial charge in [0.25, 0.3) is 0 Å². The third kappa shape index (κ3) is 4.21. The van der Waals surface area contributed by atoms with Crippen molar-refractivity contribution in [1.29, 1.82) is 0 Å². The third-order valence-corrected chi connectivity index (χ3v) is 6.35. The molecule has 130 valence electrons. The first-order chi connectivity index (χ1) is 12.0. The summed E-state index contributed by atoms with van der Waals surface area (Å²) in [7, 11) is -3.38. The van der Waals surface area contributed by atoms with Gasteiger partial charge in [0.2, 0.25) is 5.91 Å². The normalized spacial score (nSPS) is 11.6. The number of aryl methyl sites for hydroxylation is 1. The highest BCUT2D eigenvalue weighted by atomic mass is 32.2. The molecule has 1 aromatic carbocycles. The number of thiophene rings is 1. The molecule has 3 aromatic rings. The van der Waals surface area contributed by atoms with E-state index in [9.17, 15) is 13.2 Å². The van der Waals surface area contributed by atoms with E-state index in [1.807, 2.05) is 18.4 Å². The minimum Gasteiger partial charge on any atom is -0.310 e. The standard InChI is InChI=1S/C17H17N3O3S2/c1-12-4-6-13(7-5-12)25(22,23)10-2-3-15(21)20-16-14-8-9-24-17(14)19-11-18-16/h4-9,11H,2-3,10H2,1H3,(H,18,19,20,21). The first-order valence-electron chi connectivity index (χ1n) is 7.73. The minimum absolute atomic E-state index is 0.0683. The highest BCUT2D eigenvalue weighted by molar-refractivity contribution is 7.91. The van der Waals surface area contributed by atoms with Crippen LogP contribution in [0.2, 0.25) is 0 Å². The molecule has 0 bridgehead atoms. The molecule has 0 aliphatic heterocycles. The topological polar surface area (TPSA) is 89.0 Å². The van der Waals surface area contributed by atoms with E-state index in [2.05, 4.69) is 15.3 Å². The van der Waals surface area contributed by atoms with Gasteiger partial charge in [-0.3, -0.25) is 4.79 Å². The van der Waals surface area contributed by atoms with E-state index in [4.69, 9.17) is 0 Å². The number of nitrogens with zero attached hydrogens (tertiary/aromatic N) is 2. The van der Waals surface area contributed by atoms with E-state index in [1.165, 1.54) is 17.7 Å². The van der Waals surface area contributed by atoms with Gasteiger partial charge in [-0.2, -0.15) is 0 Å². The van der Waals surface area contributed by atoms with Crippen LogP contribution in [0.15, 0.2) is 46.9 Å². The Hall–Kier alpha value is -2.32. The summed E-state index contributed by atoms with van der Waals surface area (Å²) in [5.41, 5.74) is 1.00. The Morgan fingerprint density at radius 3 is 2.68 bits per heavy atom. The van der Waals surface area contributed by atoms with Crippen molar-refractivity contribution in [3.05, 3.63) is 47.6 Å². The minimum atomic E-state index is -3.38. The van der Waals surface area contributed by atoms with E-state index in [0.29, 0.717) is 5.82 Å². The maximum atomic E-state index is 12.3. The number of anilines is 1. The number of hydrogen-bond donors (Lipinski definition) is 1. The molecular formula is C17H17N3O3S2. The van der Waals surface area contributed by atoms with E-state index in [-0.39, 0.29) is 29.4 Å². The first kappa shape index (κ1) is 17.5. The van der Waals surface area contributed by atoms with Crippen molar-refractivity contribution in [2.24, 2.45) is 0 Å². The molecule has 0 aliphatic carbocycles. The van der Waals surface area contributed by atoms with Crippen molar-refractivity contribution in [1.82, 2.24) is 9.97 Å². The van der Waals surface area contributed by atoms with Crippen LogP contribution < -0.4 is 5.32 Å². The average Bonchev–Trinajstić information content (AvgIpc) is 3.05. The van der Waals surface area contributed by atoms with Gasteiger partial charge >= 0.3 is 0 Å². The van der Waals surface area contributed by atoms with Crippen LogP contribution in [0.3, 0.4) is 0 Å². The highest BCUT2D eigenvalue weighted by Gasteiger charge is 2.15. The third-order valence-electron chi connectivity index (χ3n) is 3.72. The van der Waals surface area contributed by atoms with Crippen LogP contribution in [0.4, 0.5) is 5.82 Å². The SMILES string of the molecule is Cc1ccc(S(=O)(=O)CCCC(=O)Nc2ncnc3sccc23)cc1. The Balaban J connectivity index is 1.57. The molecule has 3 rings (SSSR count). The molecule has 0 spiro atoms. The molecule has 1 amide bonds. The number of carbonyl (C=O) groups excluding carboxylic acids is 1. The fraction of sp³-hybridized carbons (Fsp3) is 0.235. The zero-order chi connectivity index (χ0) is 17.9. The second-order valence-electron chi connectivity index (χ2n) is 5.65. The highest BCUT2D eigenvalue weighted by Crippen LogP contribution is 2.23.